The average molecular weight is 298 g/mol. The maximum atomic E-state index is 12.2. The third kappa shape index (κ3) is 5.08. The van der Waals surface area contributed by atoms with Gasteiger partial charge in [-0.05, 0) is 25.7 Å². The maximum absolute atomic E-state index is 12.2. The van der Waals surface area contributed by atoms with E-state index in [4.69, 9.17) is 11.6 Å². The Morgan fingerprint density at radius 3 is 2.45 bits per heavy atom. The van der Waals surface area contributed by atoms with Crippen molar-refractivity contribution < 1.29 is 4.79 Å². The van der Waals surface area contributed by atoms with Gasteiger partial charge in [-0.2, -0.15) is 0 Å². The molecule has 0 aliphatic rings. The lowest BCUT2D eigenvalue weighted by atomic mass is 10.0. The Morgan fingerprint density at radius 2 is 1.90 bits per heavy atom. The number of carbonyl (C=O) groups is 1. The minimum atomic E-state index is -0.226. The molecule has 20 heavy (non-hydrogen) atoms. The van der Waals surface area contributed by atoms with Gasteiger partial charge in [-0.15, -0.1) is 0 Å². The zero-order valence-electron chi connectivity index (χ0n) is 12.9. The zero-order valence-corrected chi connectivity index (χ0v) is 13.7. The van der Waals surface area contributed by atoms with Crippen LogP contribution in [0.4, 0.5) is 0 Å². The van der Waals surface area contributed by atoms with Crippen molar-refractivity contribution in [3.8, 4) is 0 Å². The first-order valence-corrected chi connectivity index (χ1v) is 7.52. The standard InChI is InChI=1S/C15H24ClN3O/c1-9(2)6-7-11(5)18-15(20)13-12(16)8-17-14(19-13)10(3)4/h8-11H,6-7H2,1-5H3,(H,18,20). The van der Waals surface area contributed by atoms with Crippen molar-refractivity contribution in [1.82, 2.24) is 15.3 Å². The van der Waals surface area contributed by atoms with E-state index in [1.807, 2.05) is 20.8 Å². The van der Waals surface area contributed by atoms with Crippen molar-refractivity contribution in [2.24, 2.45) is 5.92 Å². The number of nitrogens with zero attached hydrogens (tertiary/aromatic N) is 2. The third-order valence-corrected chi connectivity index (χ3v) is 3.33. The molecule has 0 aromatic carbocycles. The Bertz CT molecular complexity index is 460. The number of amides is 1. The molecule has 1 atom stereocenters. The second-order valence-electron chi connectivity index (χ2n) is 5.93. The lowest BCUT2D eigenvalue weighted by molar-refractivity contribution is 0.0932. The van der Waals surface area contributed by atoms with Crippen LogP contribution in [0.3, 0.4) is 0 Å². The molecule has 1 aromatic heterocycles. The highest BCUT2D eigenvalue weighted by Crippen LogP contribution is 2.16. The molecule has 0 saturated carbocycles. The van der Waals surface area contributed by atoms with E-state index in [0.717, 1.165) is 12.8 Å². The van der Waals surface area contributed by atoms with Crippen molar-refractivity contribution in [1.29, 1.82) is 0 Å². The fourth-order valence-corrected chi connectivity index (χ4v) is 1.94. The average Bonchev–Trinajstić information content (AvgIpc) is 2.36. The summed E-state index contributed by atoms with van der Waals surface area (Å²) >= 11 is 6.02. The highest BCUT2D eigenvalue weighted by molar-refractivity contribution is 6.33. The second kappa shape index (κ2) is 7.58. The molecular formula is C15H24ClN3O. The van der Waals surface area contributed by atoms with Gasteiger partial charge in [0.25, 0.3) is 5.91 Å². The van der Waals surface area contributed by atoms with Crippen LogP contribution in [0, 0.1) is 5.92 Å². The first kappa shape index (κ1) is 16.9. The molecule has 1 rings (SSSR count). The molecule has 1 heterocycles. The monoisotopic (exact) mass is 297 g/mol. The highest BCUT2D eigenvalue weighted by Gasteiger charge is 2.17. The number of nitrogens with one attached hydrogen (secondary N) is 1. The topological polar surface area (TPSA) is 54.9 Å². The van der Waals surface area contributed by atoms with Crippen molar-refractivity contribution in [2.75, 3.05) is 0 Å². The minimum absolute atomic E-state index is 0.110. The first-order valence-electron chi connectivity index (χ1n) is 7.14. The molecule has 1 N–H and O–H groups in total. The molecule has 0 aliphatic carbocycles. The zero-order chi connectivity index (χ0) is 15.3. The third-order valence-electron chi connectivity index (χ3n) is 3.05. The van der Waals surface area contributed by atoms with Gasteiger partial charge in [0.2, 0.25) is 0 Å². The number of rotatable bonds is 6. The molecule has 0 fully saturated rings. The SMILES string of the molecule is CC(C)CCC(C)NC(=O)c1nc(C(C)C)ncc1Cl. The quantitative estimate of drug-likeness (QED) is 0.868. The Labute approximate surface area is 126 Å². The minimum Gasteiger partial charge on any atom is -0.348 e. The molecule has 1 amide bonds. The summed E-state index contributed by atoms with van der Waals surface area (Å²) in [6.07, 6.45) is 3.52. The van der Waals surface area contributed by atoms with Crippen molar-refractivity contribution in [3.05, 3.63) is 22.7 Å². The van der Waals surface area contributed by atoms with E-state index in [0.29, 0.717) is 16.8 Å². The van der Waals surface area contributed by atoms with Gasteiger partial charge in [-0.1, -0.05) is 39.3 Å². The van der Waals surface area contributed by atoms with Gasteiger partial charge in [-0.3, -0.25) is 4.79 Å². The van der Waals surface area contributed by atoms with E-state index in [1.165, 1.54) is 6.20 Å². The van der Waals surface area contributed by atoms with Gasteiger partial charge >= 0.3 is 0 Å². The van der Waals surface area contributed by atoms with Crippen LogP contribution in [0.25, 0.3) is 0 Å². The summed E-state index contributed by atoms with van der Waals surface area (Å²) < 4.78 is 0. The molecule has 5 heteroatoms. The molecule has 4 nitrogen and oxygen atoms in total. The molecule has 1 aromatic rings. The van der Waals surface area contributed by atoms with Gasteiger partial charge in [0.05, 0.1) is 11.2 Å². The van der Waals surface area contributed by atoms with Crippen LogP contribution >= 0.6 is 11.6 Å². The van der Waals surface area contributed by atoms with Gasteiger partial charge in [-0.25, -0.2) is 9.97 Å². The molecular weight excluding hydrogens is 274 g/mol. The number of hydrogen-bond acceptors (Lipinski definition) is 3. The predicted octanol–water partition coefficient (Wildman–Crippen LogP) is 3.81. The van der Waals surface area contributed by atoms with E-state index < -0.39 is 0 Å². The van der Waals surface area contributed by atoms with Crippen LogP contribution in [-0.4, -0.2) is 21.9 Å². The smallest absolute Gasteiger partial charge is 0.271 e. The maximum Gasteiger partial charge on any atom is 0.271 e. The molecule has 0 saturated heterocycles. The Kier molecular flexibility index (Phi) is 6.40. The van der Waals surface area contributed by atoms with E-state index in [9.17, 15) is 4.79 Å². The molecule has 0 radical (unpaired) electrons. The fraction of sp³-hybridized carbons (Fsp3) is 0.667. The van der Waals surface area contributed by atoms with Crippen molar-refractivity contribution in [2.45, 2.75) is 59.4 Å². The molecule has 112 valence electrons. The number of hydrogen-bond donors (Lipinski definition) is 1. The van der Waals surface area contributed by atoms with Crippen LogP contribution < -0.4 is 5.32 Å². The summed E-state index contributed by atoms with van der Waals surface area (Å²) in [5, 5.41) is 3.24. The van der Waals surface area contributed by atoms with Crippen LogP contribution in [-0.2, 0) is 0 Å². The molecule has 0 spiro atoms. The van der Waals surface area contributed by atoms with Gasteiger partial charge in [0.1, 0.15) is 11.5 Å². The van der Waals surface area contributed by atoms with E-state index in [-0.39, 0.29) is 23.6 Å². The summed E-state index contributed by atoms with van der Waals surface area (Å²) in [7, 11) is 0. The molecule has 0 aliphatic heterocycles. The number of carbonyl (C=O) groups excluding carboxylic acids is 1. The van der Waals surface area contributed by atoms with Crippen LogP contribution in [0.1, 0.15) is 69.7 Å². The Hall–Kier alpha value is -1.16. The summed E-state index contributed by atoms with van der Waals surface area (Å²) in [6, 6.07) is 0.110. The summed E-state index contributed by atoms with van der Waals surface area (Å²) in [4.78, 5) is 20.6. The fourth-order valence-electron chi connectivity index (χ4n) is 1.77. The van der Waals surface area contributed by atoms with E-state index in [1.54, 1.807) is 0 Å². The van der Waals surface area contributed by atoms with Crippen molar-refractivity contribution >= 4 is 17.5 Å². The van der Waals surface area contributed by atoms with Crippen LogP contribution in [0.2, 0.25) is 5.02 Å². The Balaban J connectivity index is 2.74. The summed E-state index contributed by atoms with van der Waals surface area (Å²) in [5.74, 6) is 1.20. The van der Waals surface area contributed by atoms with E-state index in [2.05, 4.69) is 29.1 Å². The molecule has 1 unspecified atom stereocenters. The van der Waals surface area contributed by atoms with Gasteiger partial charge in [0.15, 0.2) is 0 Å². The highest BCUT2D eigenvalue weighted by atomic mass is 35.5. The van der Waals surface area contributed by atoms with Gasteiger partial charge in [0, 0.05) is 12.0 Å². The normalized spacial score (nSPS) is 12.8. The number of halogens is 1. The van der Waals surface area contributed by atoms with E-state index >= 15 is 0 Å². The number of aromatic nitrogens is 2. The predicted molar refractivity (Wildman–Crippen MR) is 82.1 cm³/mol. The lowest BCUT2D eigenvalue weighted by Gasteiger charge is -2.15. The summed E-state index contributed by atoms with van der Waals surface area (Å²) in [6.45, 7) is 10.3. The first-order chi connectivity index (χ1) is 9.31. The lowest BCUT2D eigenvalue weighted by Crippen LogP contribution is -2.33. The summed E-state index contributed by atoms with van der Waals surface area (Å²) in [5.41, 5.74) is 0.266. The van der Waals surface area contributed by atoms with Crippen LogP contribution in [0.5, 0.6) is 0 Å². The molecule has 0 bridgehead atoms. The largest absolute Gasteiger partial charge is 0.348 e. The Morgan fingerprint density at radius 1 is 1.25 bits per heavy atom. The van der Waals surface area contributed by atoms with Crippen LogP contribution in [0.15, 0.2) is 6.20 Å². The van der Waals surface area contributed by atoms with Crippen molar-refractivity contribution in [3.63, 3.8) is 0 Å². The second-order valence-corrected chi connectivity index (χ2v) is 6.33. The van der Waals surface area contributed by atoms with Gasteiger partial charge < -0.3 is 5.32 Å².